The van der Waals surface area contributed by atoms with Crippen LogP contribution in [0.1, 0.15) is 44.0 Å². The highest BCUT2D eigenvalue weighted by molar-refractivity contribution is 9.10. The predicted molar refractivity (Wildman–Crippen MR) is 97.8 cm³/mol. The van der Waals surface area contributed by atoms with Gasteiger partial charge in [0.1, 0.15) is 11.6 Å². The van der Waals surface area contributed by atoms with Crippen molar-refractivity contribution >= 4 is 33.8 Å². The van der Waals surface area contributed by atoms with Crippen LogP contribution in [0.3, 0.4) is 0 Å². The lowest BCUT2D eigenvalue weighted by molar-refractivity contribution is -0.148. The SMILES string of the molecule is CC(C)(C)OC(=O)N1C2CC2C[C@H]1C(=O)OCC(=O)c1ccc(Br)cc1. The Balaban J connectivity index is 1.59. The van der Waals surface area contributed by atoms with Gasteiger partial charge in [-0.2, -0.15) is 0 Å². The number of piperidine rings is 1. The Hall–Kier alpha value is -1.89. The summed E-state index contributed by atoms with van der Waals surface area (Å²) in [6.45, 7) is 5.02. The molecule has 2 aliphatic rings. The summed E-state index contributed by atoms with van der Waals surface area (Å²) in [7, 11) is 0. The molecule has 1 saturated carbocycles. The van der Waals surface area contributed by atoms with E-state index in [2.05, 4.69) is 15.9 Å². The summed E-state index contributed by atoms with van der Waals surface area (Å²) >= 11 is 3.31. The van der Waals surface area contributed by atoms with Gasteiger partial charge in [0.25, 0.3) is 0 Å². The maximum absolute atomic E-state index is 12.5. The smallest absolute Gasteiger partial charge is 0.411 e. The molecule has 2 unspecified atom stereocenters. The van der Waals surface area contributed by atoms with Crippen LogP contribution < -0.4 is 0 Å². The number of ether oxygens (including phenoxy) is 2. The molecule has 1 amide bonds. The number of hydrogen-bond donors (Lipinski definition) is 0. The zero-order chi connectivity index (χ0) is 19.1. The van der Waals surface area contributed by atoms with Crippen molar-refractivity contribution in [2.24, 2.45) is 5.92 Å². The van der Waals surface area contributed by atoms with E-state index in [9.17, 15) is 14.4 Å². The summed E-state index contributed by atoms with van der Waals surface area (Å²) in [5.74, 6) is -0.506. The van der Waals surface area contributed by atoms with E-state index in [0.717, 1.165) is 10.9 Å². The normalized spacial score (nSPS) is 24.0. The molecule has 1 aromatic rings. The van der Waals surface area contributed by atoms with Crippen LogP contribution in [-0.4, -0.2) is 47.0 Å². The first-order valence-electron chi connectivity index (χ1n) is 8.62. The first kappa shape index (κ1) is 18.9. The summed E-state index contributed by atoms with van der Waals surface area (Å²) in [6.07, 6.45) is 0.958. The first-order valence-corrected chi connectivity index (χ1v) is 9.42. The number of amides is 1. The summed E-state index contributed by atoms with van der Waals surface area (Å²) in [5.41, 5.74) is -0.157. The maximum Gasteiger partial charge on any atom is 0.411 e. The minimum Gasteiger partial charge on any atom is -0.456 e. The van der Waals surface area contributed by atoms with E-state index >= 15 is 0 Å². The number of benzene rings is 1. The van der Waals surface area contributed by atoms with Crippen LogP contribution in [0.5, 0.6) is 0 Å². The number of esters is 1. The van der Waals surface area contributed by atoms with Gasteiger partial charge in [-0.05, 0) is 51.7 Å². The predicted octanol–water partition coefficient (Wildman–Crippen LogP) is 3.57. The third kappa shape index (κ3) is 4.26. The molecule has 1 saturated heterocycles. The topological polar surface area (TPSA) is 72.9 Å². The van der Waals surface area contributed by atoms with Gasteiger partial charge < -0.3 is 9.47 Å². The molecule has 3 atom stereocenters. The van der Waals surface area contributed by atoms with E-state index in [1.807, 2.05) is 0 Å². The molecule has 1 aromatic carbocycles. The molecule has 6 nitrogen and oxygen atoms in total. The number of fused-ring (bicyclic) bond motifs is 1. The van der Waals surface area contributed by atoms with E-state index < -0.39 is 23.7 Å². The molecule has 3 rings (SSSR count). The van der Waals surface area contributed by atoms with Crippen LogP contribution in [0.4, 0.5) is 4.79 Å². The van der Waals surface area contributed by atoms with E-state index in [4.69, 9.17) is 9.47 Å². The fourth-order valence-corrected chi connectivity index (χ4v) is 3.46. The number of carbonyl (C=O) groups excluding carboxylic acids is 3. The van der Waals surface area contributed by atoms with Crippen molar-refractivity contribution in [3.05, 3.63) is 34.3 Å². The maximum atomic E-state index is 12.5. The van der Waals surface area contributed by atoms with Gasteiger partial charge in [0.2, 0.25) is 0 Å². The summed E-state index contributed by atoms with van der Waals surface area (Å²) in [5, 5.41) is 0. The molecule has 0 bridgehead atoms. The Morgan fingerprint density at radius 1 is 1.15 bits per heavy atom. The lowest BCUT2D eigenvalue weighted by Crippen LogP contribution is -2.46. The largest absolute Gasteiger partial charge is 0.456 e. The second kappa shape index (κ2) is 7.02. The van der Waals surface area contributed by atoms with Crippen LogP contribution >= 0.6 is 15.9 Å². The monoisotopic (exact) mass is 423 g/mol. The van der Waals surface area contributed by atoms with Crippen molar-refractivity contribution in [1.29, 1.82) is 0 Å². The lowest BCUT2D eigenvalue weighted by Gasteiger charge is -2.29. The van der Waals surface area contributed by atoms with Gasteiger partial charge in [0, 0.05) is 16.1 Å². The van der Waals surface area contributed by atoms with Crippen molar-refractivity contribution in [2.45, 2.75) is 51.3 Å². The Morgan fingerprint density at radius 2 is 1.81 bits per heavy atom. The van der Waals surface area contributed by atoms with Gasteiger partial charge in [-0.25, -0.2) is 9.59 Å². The zero-order valence-electron chi connectivity index (χ0n) is 15.0. The van der Waals surface area contributed by atoms with Gasteiger partial charge in [-0.3, -0.25) is 9.69 Å². The number of carbonyl (C=O) groups is 3. The second-order valence-electron chi connectivity index (χ2n) is 7.74. The van der Waals surface area contributed by atoms with Gasteiger partial charge >= 0.3 is 12.1 Å². The fraction of sp³-hybridized carbons (Fsp3) is 0.526. The average Bonchev–Trinajstić information content (AvgIpc) is 3.20. The molecule has 140 valence electrons. The van der Waals surface area contributed by atoms with Gasteiger partial charge in [0.15, 0.2) is 12.4 Å². The minimum atomic E-state index is -0.675. The highest BCUT2D eigenvalue weighted by Crippen LogP contribution is 2.48. The molecule has 1 aliphatic carbocycles. The Bertz CT molecular complexity index is 724. The average molecular weight is 424 g/mol. The molecule has 0 spiro atoms. The van der Waals surface area contributed by atoms with Crippen LogP contribution in [-0.2, 0) is 14.3 Å². The van der Waals surface area contributed by atoms with Crippen molar-refractivity contribution in [3.8, 4) is 0 Å². The number of rotatable bonds is 4. The quantitative estimate of drug-likeness (QED) is 0.546. The molecule has 0 aromatic heterocycles. The number of hydrogen-bond acceptors (Lipinski definition) is 5. The minimum absolute atomic E-state index is 0.0459. The van der Waals surface area contributed by atoms with Crippen molar-refractivity contribution < 1.29 is 23.9 Å². The van der Waals surface area contributed by atoms with Crippen molar-refractivity contribution in [1.82, 2.24) is 4.90 Å². The van der Waals surface area contributed by atoms with Crippen LogP contribution in [0.2, 0.25) is 0 Å². The molecule has 1 heterocycles. The number of nitrogens with zero attached hydrogens (tertiary/aromatic N) is 1. The number of ketones is 1. The molecule has 1 aliphatic heterocycles. The van der Waals surface area contributed by atoms with E-state index in [-0.39, 0.29) is 18.4 Å². The fourth-order valence-electron chi connectivity index (χ4n) is 3.20. The van der Waals surface area contributed by atoms with Crippen molar-refractivity contribution in [3.63, 3.8) is 0 Å². The number of Topliss-reactive ketones (excluding diaryl/α,β-unsaturated/α-hetero) is 1. The standard InChI is InChI=1S/C19H22BrNO5/c1-19(2,3)26-18(24)21-14-8-12(14)9-15(21)17(23)25-10-16(22)11-4-6-13(20)7-5-11/h4-7,12,14-15H,8-10H2,1-3H3/t12?,14?,15-/m0/s1. The molecule has 0 N–H and O–H groups in total. The third-order valence-corrected chi connectivity index (χ3v) is 5.02. The van der Waals surface area contributed by atoms with Crippen LogP contribution in [0, 0.1) is 5.92 Å². The molecule has 7 heteroatoms. The highest BCUT2D eigenvalue weighted by atomic mass is 79.9. The summed E-state index contributed by atoms with van der Waals surface area (Å²) in [4.78, 5) is 38.5. The first-order chi connectivity index (χ1) is 12.2. The van der Waals surface area contributed by atoms with Gasteiger partial charge in [-0.1, -0.05) is 28.1 Å². The van der Waals surface area contributed by atoms with Crippen molar-refractivity contribution in [2.75, 3.05) is 6.61 Å². The summed E-state index contributed by atoms with van der Waals surface area (Å²) in [6, 6.07) is 6.21. The number of halogens is 1. The van der Waals surface area contributed by atoms with Crippen LogP contribution in [0.15, 0.2) is 28.7 Å². The Morgan fingerprint density at radius 3 is 2.42 bits per heavy atom. The van der Waals surface area contributed by atoms with Gasteiger partial charge in [-0.15, -0.1) is 0 Å². The number of likely N-dealkylation sites (tertiary alicyclic amines) is 1. The highest BCUT2D eigenvalue weighted by Gasteiger charge is 2.57. The molecular weight excluding hydrogens is 402 g/mol. The molecule has 2 fully saturated rings. The van der Waals surface area contributed by atoms with E-state index in [0.29, 0.717) is 17.9 Å². The molecule has 26 heavy (non-hydrogen) atoms. The van der Waals surface area contributed by atoms with E-state index in [1.165, 1.54) is 4.90 Å². The molecular formula is C19H22BrNO5. The summed E-state index contributed by atoms with van der Waals surface area (Å²) < 4.78 is 11.5. The Kier molecular flexibility index (Phi) is 5.10. The molecule has 0 radical (unpaired) electrons. The third-order valence-electron chi connectivity index (χ3n) is 4.49. The van der Waals surface area contributed by atoms with E-state index in [1.54, 1.807) is 45.0 Å². The lowest BCUT2D eigenvalue weighted by atomic mass is 10.1. The zero-order valence-corrected chi connectivity index (χ0v) is 16.6. The van der Waals surface area contributed by atoms with Gasteiger partial charge in [0.05, 0.1) is 0 Å². The van der Waals surface area contributed by atoms with Crippen LogP contribution in [0.25, 0.3) is 0 Å². The Labute approximate surface area is 161 Å². The second-order valence-corrected chi connectivity index (χ2v) is 8.66.